The molecule has 2 rings (SSSR count). The van der Waals surface area contributed by atoms with Crippen LogP contribution in [0.3, 0.4) is 0 Å². The lowest BCUT2D eigenvalue weighted by atomic mass is 10.0. The van der Waals surface area contributed by atoms with Gasteiger partial charge in [-0.25, -0.2) is 0 Å². The van der Waals surface area contributed by atoms with E-state index in [9.17, 15) is 5.11 Å². The summed E-state index contributed by atoms with van der Waals surface area (Å²) in [5.41, 5.74) is 2.10. The van der Waals surface area contributed by atoms with E-state index in [2.05, 4.69) is 30.1 Å². The summed E-state index contributed by atoms with van der Waals surface area (Å²) in [5, 5.41) is 13.7. The van der Waals surface area contributed by atoms with Gasteiger partial charge in [-0.1, -0.05) is 19.1 Å². The van der Waals surface area contributed by atoms with Crippen molar-refractivity contribution in [2.45, 2.75) is 45.7 Å². The second-order valence-corrected chi connectivity index (χ2v) is 5.66. The van der Waals surface area contributed by atoms with Crippen LogP contribution in [-0.2, 0) is 0 Å². The molecule has 1 heterocycles. The van der Waals surface area contributed by atoms with Gasteiger partial charge >= 0.3 is 0 Å². The summed E-state index contributed by atoms with van der Waals surface area (Å²) in [6.45, 7) is 9.88. The van der Waals surface area contributed by atoms with E-state index >= 15 is 0 Å². The third kappa shape index (κ3) is 3.71. The number of rotatable bonds is 4. The first-order valence-corrected chi connectivity index (χ1v) is 7.38. The van der Waals surface area contributed by atoms with E-state index in [4.69, 9.17) is 0 Å². The number of hydrogen-bond acceptors (Lipinski definition) is 3. The number of piperidine rings is 1. The smallest absolute Gasteiger partial charge is 0.120 e. The molecule has 19 heavy (non-hydrogen) atoms. The maximum atomic E-state index is 10.0. The number of phenolic OH excluding ortho intramolecular Hbond substituents is 1. The minimum absolute atomic E-state index is 0.207. The number of nitrogens with one attached hydrogen (secondary N) is 1. The Morgan fingerprint density at radius 3 is 2.63 bits per heavy atom. The molecular weight excluding hydrogens is 236 g/mol. The Labute approximate surface area is 116 Å². The lowest BCUT2D eigenvalue weighted by Crippen LogP contribution is -2.43. The van der Waals surface area contributed by atoms with E-state index in [1.165, 1.54) is 25.9 Å². The summed E-state index contributed by atoms with van der Waals surface area (Å²) >= 11 is 0. The van der Waals surface area contributed by atoms with Crippen LogP contribution >= 0.6 is 0 Å². The Balaban J connectivity index is 1.92. The third-order valence-electron chi connectivity index (χ3n) is 4.17. The maximum Gasteiger partial charge on any atom is 0.120 e. The number of aryl methyl sites for hydroxylation is 1. The number of benzene rings is 1. The van der Waals surface area contributed by atoms with Gasteiger partial charge in [0.2, 0.25) is 0 Å². The summed E-state index contributed by atoms with van der Waals surface area (Å²) in [4.78, 5) is 2.49. The molecular formula is C16H26N2O. The standard InChI is InChI=1S/C16H26N2O/c1-4-18-9-7-14(8-10-18)17-13(3)15-6-5-12(2)11-16(15)19/h5-6,11,13-14,17,19H,4,7-10H2,1-3H3. The maximum absolute atomic E-state index is 10.0. The van der Waals surface area contributed by atoms with Crippen molar-refractivity contribution in [2.75, 3.05) is 19.6 Å². The van der Waals surface area contributed by atoms with Gasteiger partial charge in [-0.3, -0.25) is 0 Å². The van der Waals surface area contributed by atoms with Crippen molar-refractivity contribution in [1.29, 1.82) is 0 Å². The quantitative estimate of drug-likeness (QED) is 0.876. The molecule has 3 nitrogen and oxygen atoms in total. The fourth-order valence-electron chi connectivity index (χ4n) is 2.88. The molecule has 1 fully saturated rings. The molecule has 0 amide bonds. The van der Waals surface area contributed by atoms with Crippen molar-refractivity contribution < 1.29 is 5.11 Å². The Hall–Kier alpha value is -1.06. The van der Waals surface area contributed by atoms with E-state index in [0.29, 0.717) is 11.8 Å². The Morgan fingerprint density at radius 1 is 1.37 bits per heavy atom. The van der Waals surface area contributed by atoms with Gasteiger partial charge in [0, 0.05) is 17.6 Å². The highest BCUT2D eigenvalue weighted by Gasteiger charge is 2.20. The van der Waals surface area contributed by atoms with Gasteiger partial charge < -0.3 is 15.3 Å². The van der Waals surface area contributed by atoms with Crippen LogP contribution < -0.4 is 5.32 Å². The van der Waals surface area contributed by atoms with E-state index < -0.39 is 0 Å². The van der Waals surface area contributed by atoms with Crippen LogP contribution in [-0.4, -0.2) is 35.7 Å². The van der Waals surface area contributed by atoms with Crippen LogP contribution in [0.2, 0.25) is 0 Å². The number of hydrogen-bond donors (Lipinski definition) is 2. The van der Waals surface area contributed by atoms with Gasteiger partial charge in [-0.2, -0.15) is 0 Å². The van der Waals surface area contributed by atoms with Crippen molar-refractivity contribution in [3.63, 3.8) is 0 Å². The Bertz CT molecular complexity index is 411. The highest BCUT2D eigenvalue weighted by atomic mass is 16.3. The number of nitrogens with zero attached hydrogens (tertiary/aromatic N) is 1. The van der Waals surface area contributed by atoms with Crippen LogP contribution in [0.5, 0.6) is 5.75 Å². The van der Waals surface area contributed by atoms with Crippen LogP contribution in [0, 0.1) is 6.92 Å². The number of aromatic hydroxyl groups is 1. The molecule has 3 heteroatoms. The first-order valence-electron chi connectivity index (χ1n) is 7.38. The first kappa shape index (κ1) is 14.4. The zero-order chi connectivity index (χ0) is 13.8. The second-order valence-electron chi connectivity index (χ2n) is 5.66. The van der Waals surface area contributed by atoms with Crippen LogP contribution in [0.1, 0.15) is 43.9 Å². The summed E-state index contributed by atoms with van der Waals surface area (Å²) in [6, 6.07) is 6.71. The molecule has 0 saturated carbocycles. The number of likely N-dealkylation sites (tertiary alicyclic amines) is 1. The van der Waals surface area contributed by atoms with Crippen molar-refractivity contribution in [3.8, 4) is 5.75 Å². The van der Waals surface area contributed by atoms with Gasteiger partial charge in [-0.15, -0.1) is 0 Å². The van der Waals surface area contributed by atoms with Crippen LogP contribution in [0.4, 0.5) is 0 Å². The van der Waals surface area contributed by atoms with Gasteiger partial charge in [0.1, 0.15) is 5.75 Å². The zero-order valence-corrected chi connectivity index (χ0v) is 12.3. The van der Waals surface area contributed by atoms with E-state index in [1.54, 1.807) is 0 Å². The van der Waals surface area contributed by atoms with Crippen molar-refractivity contribution in [2.24, 2.45) is 0 Å². The second kappa shape index (κ2) is 6.40. The summed E-state index contributed by atoms with van der Waals surface area (Å²) in [7, 11) is 0. The lowest BCUT2D eigenvalue weighted by Gasteiger charge is -2.33. The van der Waals surface area contributed by atoms with Gasteiger partial charge in [0.15, 0.2) is 0 Å². The van der Waals surface area contributed by atoms with E-state index in [-0.39, 0.29) is 6.04 Å². The minimum atomic E-state index is 0.207. The summed E-state index contributed by atoms with van der Waals surface area (Å²) in [6.07, 6.45) is 2.40. The largest absolute Gasteiger partial charge is 0.508 e. The molecule has 1 aromatic rings. The molecule has 0 radical (unpaired) electrons. The average Bonchev–Trinajstić information content (AvgIpc) is 2.39. The van der Waals surface area contributed by atoms with E-state index in [1.807, 2.05) is 19.1 Å². The molecule has 1 aliphatic rings. The van der Waals surface area contributed by atoms with Crippen LogP contribution in [0.25, 0.3) is 0 Å². The molecule has 2 N–H and O–H groups in total. The molecule has 0 aromatic heterocycles. The highest BCUT2D eigenvalue weighted by Crippen LogP contribution is 2.26. The van der Waals surface area contributed by atoms with Crippen molar-refractivity contribution in [3.05, 3.63) is 29.3 Å². The Morgan fingerprint density at radius 2 is 2.05 bits per heavy atom. The van der Waals surface area contributed by atoms with Gasteiger partial charge in [0.05, 0.1) is 0 Å². The summed E-state index contributed by atoms with van der Waals surface area (Å²) in [5.74, 6) is 0.408. The fraction of sp³-hybridized carbons (Fsp3) is 0.625. The molecule has 1 atom stereocenters. The SMILES string of the molecule is CCN1CCC(NC(C)c2ccc(C)cc2O)CC1. The van der Waals surface area contributed by atoms with Crippen molar-refractivity contribution in [1.82, 2.24) is 10.2 Å². The normalized spacial score (nSPS) is 19.5. The van der Waals surface area contributed by atoms with Gasteiger partial charge in [0.25, 0.3) is 0 Å². The summed E-state index contributed by atoms with van der Waals surface area (Å²) < 4.78 is 0. The zero-order valence-electron chi connectivity index (χ0n) is 12.3. The molecule has 1 saturated heterocycles. The molecule has 106 valence electrons. The topological polar surface area (TPSA) is 35.5 Å². The Kier molecular flexibility index (Phi) is 4.83. The highest BCUT2D eigenvalue weighted by molar-refractivity contribution is 5.37. The molecule has 0 aliphatic carbocycles. The fourth-order valence-corrected chi connectivity index (χ4v) is 2.88. The van der Waals surface area contributed by atoms with Gasteiger partial charge in [-0.05, 0) is 58.0 Å². The van der Waals surface area contributed by atoms with Crippen molar-refractivity contribution >= 4 is 0 Å². The minimum Gasteiger partial charge on any atom is -0.508 e. The molecule has 0 spiro atoms. The van der Waals surface area contributed by atoms with E-state index in [0.717, 1.165) is 17.7 Å². The third-order valence-corrected chi connectivity index (χ3v) is 4.17. The lowest BCUT2D eigenvalue weighted by molar-refractivity contribution is 0.200. The number of phenols is 1. The molecule has 1 unspecified atom stereocenters. The monoisotopic (exact) mass is 262 g/mol. The predicted molar refractivity (Wildman–Crippen MR) is 79.5 cm³/mol. The predicted octanol–water partition coefficient (Wildman–Crippen LogP) is 2.84. The molecule has 1 aliphatic heterocycles. The first-order chi connectivity index (χ1) is 9.10. The van der Waals surface area contributed by atoms with Crippen LogP contribution in [0.15, 0.2) is 18.2 Å². The molecule has 0 bridgehead atoms. The average molecular weight is 262 g/mol. The molecule has 1 aromatic carbocycles.